The highest BCUT2D eigenvalue weighted by atomic mass is 15.3. The van der Waals surface area contributed by atoms with Crippen LogP contribution in [-0.2, 0) is 6.54 Å². The maximum atomic E-state index is 4.82. The number of hydrogen-bond donors (Lipinski definition) is 1. The van der Waals surface area contributed by atoms with Crippen LogP contribution in [0.15, 0.2) is 36.4 Å². The molecule has 1 aromatic heterocycles. The van der Waals surface area contributed by atoms with Crippen LogP contribution < -0.4 is 5.32 Å². The van der Waals surface area contributed by atoms with Gasteiger partial charge in [0.2, 0.25) is 0 Å². The number of rotatable bonds is 3. The van der Waals surface area contributed by atoms with Gasteiger partial charge in [-0.25, -0.2) is 0 Å². The second-order valence-electron chi connectivity index (χ2n) is 6.67. The smallest absolute Gasteiger partial charge is 0.0705 e. The molecule has 3 nitrogen and oxygen atoms in total. The first-order valence-corrected chi connectivity index (χ1v) is 7.91. The van der Waals surface area contributed by atoms with E-state index in [-0.39, 0.29) is 5.54 Å². The highest BCUT2D eigenvalue weighted by Crippen LogP contribution is 2.22. The first kappa shape index (κ1) is 14.5. The molecule has 21 heavy (non-hydrogen) atoms. The van der Waals surface area contributed by atoms with Crippen molar-refractivity contribution < 1.29 is 0 Å². The monoisotopic (exact) mass is 283 g/mol. The molecule has 0 radical (unpaired) electrons. The van der Waals surface area contributed by atoms with Gasteiger partial charge in [-0.05, 0) is 32.4 Å². The van der Waals surface area contributed by atoms with Gasteiger partial charge in [0.05, 0.1) is 11.2 Å². The maximum Gasteiger partial charge on any atom is 0.0705 e. The highest BCUT2D eigenvalue weighted by molar-refractivity contribution is 5.78. The molecule has 2 heterocycles. The maximum absolute atomic E-state index is 4.82. The summed E-state index contributed by atoms with van der Waals surface area (Å²) < 4.78 is 0. The van der Waals surface area contributed by atoms with Gasteiger partial charge in [0.15, 0.2) is 0 Å². The lowest BCUT2D eigenvalue weighted by atomic mass is 9.96. The summed E-state index contributed by atoms with van der Waals surface area (Å²) in [6.45, 7) is 9.94. The Kier molecular flexibility index (Phi) is 3.96. The Hall–Kier alpha value is -1.45. The number of hydrogen-bond acceptors (Lipinski definition) is 3. The molecule has 1 aliphatic rings. The van der Waals surface area contributed by atoms with Crippen LogP contribution in [0.2, 0.25) is 0 Å². The molecule has 3 heteroatoms. The SMILES string of the molecule is CCC1CN(Cc2ccc3ccccc3n2)C(C)(C)CN1. The lowest BCUT2D eigenvalue weighted by Gasteiger charge is -2.46. The molecule has 2 aromatic rings. The van der Waals surface area contributed by atoms with E-state index in [4.69, 9.17) is 4.98 Å². The third-order valence-electron chi connectivity index (χ3n) is 4.62. The van der Waals surface area contributed by atoms with Crippen molar-refractivity contribution in [3.63, 3.8) is 0 Å². The molecular formula is C18H25N3. The molecule has 1 aliphatic heterocycles. The number of piperazine rings is 1. The minimum absolute atomic E-state index is 0.180. The van der Waals surface area contributed by atoms with E-state index < -0.39 is 0 Å². The molecule has 0 spiro atoms. The molecule has 1 atom stereocenters. The Morgan fingerprint density at radius 2 is 2.05 bits per heavy atom. The number of nitrogens with one attached hydrogen (secondary N) is 1. The zero-order valence-corrected chi connectivity index (χ0v) is 13.3. The molecule has 1 unspecified atom stereocenters. The van der Waals surface area contributed by atoms with Crippen LogP contribution in [-0.4, -0.2) is 34.6 Å². The summed E-state index contributed by atoms with van der Waals surface area (Å²) in [6, 6.07) is 13.3. The van der Waals surface area contributed by atoms with E-state index in [1.165, 1.54) is 17.5 Å². The van der Waals surface area contributed by atoms with Crippen molar-refractivity contribution in [1.29, 1.82) is 0 Å². The zero-order valence-electron chi connectivity index (χ0n) is 13.3. The van der Waals surface area contributed by atoms with Gasteiger partial charge in [0, 0.05) is 36.6 Å². The summed E-state index contributed by atoms with van der Waals surface area (Å²) in [5, 5.41) is 4.86. The average Bonchev–Trinajstić information content (AvgIpc) is 2.49. The van der Waals surface area contributed by atoms with Gasteiger partial charge in [-0.1, -0.05) is 31.2 Å². The second kappa shape index (κ2) is 5.74. The minimum atomic E-state index is 0.180. The number of fused-ring (bicyclic) bond motifs is 1. The van der Waals surface area contributed by atoms with Crippen LogP contribution in [0.4, 0.5) is 0 Å². The van der Waals surface area contributed by atoms with E-state index >= 15 is 0 Å². The second-order valence-corrected chi connectivity index (χ2v) is 6.67. The summed E-state index contributed by atoms with van der Waals surface area (Å²) >= 11 is 0. The molecule has 1 N–H and O–H groups in total. The van der Waals surface area contributed by atoms with Crippen LogP contribution >= 0.6 is 0 Å². The Morgan fingerprint density at radius 3 is 2.86 bits per heavy atom. The number of para-hydroxylation sites is 1. The third kappa shape index (κ3) is 3.09. The molecule has 0 aliphatic carbocycles. The summed E-state index contributed by atoms with van der Waals surface area (Å²) in [5.74, 6) is 0. The van der Waals surface area contributed by atoms with Crippen molar-refractivity contribution in [1.82, 2.24) is 15.2 Å². The third-order valence-corrected chi connectivity index (χ3v) is 4.62. The molecule has 0 bridgehead atoms. The van der Waals surface area contributed by atoms with Gasteiger partial charge in [-0.2, -0.15) is 0 Å². The van der Waals surface area contributed by atoms with E-state index in [0.717, 1.165) is 25.2 Å². The van der Waals surface area contributed by atoms with Gasteiger partial charge >= 0.3 is 0 Å². The van der Waals surface area contributed by atoms with Crippen LogP contribution in [0.3, 0.4) is 0 Å². The van der Waals surface area contributed by atoms with Crippen LogP contribution in [0.1, 0.15) is 32.9 Å². The molecule has 1 saturated heterocycles. The van der Waals surface area contributed by atoms with Crippen molar-refractivity contribution in [3.8, 4) is 0 Å². The Morgan fingerprint density at radius 1 is 1.24 bits per heavy atom. The Labute approximate surface area is 127 Å². The van der Waals surface area contributed by atoms with Gasteiger partial charge in [0.25, 0.3) is 0 Å². The van der Waals surface area contributed by atoms with Gasteiger partial charge in [-0.15, -0.1) is 0 Å². The average molecular weight is 283 g/mol. The van der Waals surface area contributed by atoms with E-state index in [9.17, 15) is 0 Å². The zero-order chi connectivity index (χ0) is 14.9. The van der Waals surface area contributed by atoms with E-state index in [1.54, 1.807) is 0 Å². The van der Waals surface area contributed by atoms with E-state index in [0.29, 0.717) is 6.04 Å². The summed E-state index contributed by atoms with van der Waals surface area (Å²) in [5.41, 5.74) is 2.44. The highest BCUT2D eigenvalue weighted by Gasteiger charge is 2.33. The van der Waals surface area contributed by atoms with Gasteiger partial charge in [0.1, 0.15) is 0 Å². The molecule has 0 saturated carbocycles. The van der Waals surface area contributed by atoms with Crippen molar-refractivity contribution in [2.45, 2.75) is 45.3 Å². The minimum Gasteiger partial charge on any atom is -0.311 e. The van der Waals surface area contributed by atoms with Gasteiger partial charge < -0.3 is 5.32 Å². The normalized spacial score (nSPS) is 22.5. The standard InChI is InChI=1S/C18H25N3/c1-4-15-11-21(18(2,3)13-19-15)12-16-10-9-14-7-5-6-8-17(14)20-16/h5-10,15,19H,4,11-13H2,1-3H3. The Bertz CT molecular complexity index is 621. The lowest BCUT2D eigenvalue weighted by molar-refractivity contribution is 0.0566. The van der Waals surface area contributed by atoms with Crippen LogP contribution in [0.5, 0.6) is 0 Å². The first-order valence-electron chi connectivity index (χ1n) is 7.91. The van der Waals surface area contributed by atoms with Gasteiger partial charge in [-0.3, -0.25) is 9.88 Å². The molecule has 1 aromatic carbocycles. The summed E-state index contributed by atoms with van der Waals surface area (Å²) in [4.78, 5) is 7.39. The fourth-order valence-corrected chi connectivity index (χ4v) is 3.03. The van der Waals surface area contributed by atoms with Crippen LogP contribution in [0.25, 0.3) is 10.9 Å². The van der Waals surface area contributed by atoms with Crippen molar-refractivity contribution >= 4 is 10.9 Å². The topological polar surface area (TPSA) is 28.2 Å². The number of aromatic nitrogens is 1. The summed E-state index contributed by atoms with van der Waals surface area (Å²) in [7, 11) is 0. The molecule has 3 rings (SSSR count). The first-order chi connectivity index (χ1) is 10.1. The van der Waals surface area contributed by atoms with Crippen molar-refractivity contribution in [2.75, 3.05) is 13.1 Å². The number of benzene rings is 1. The predicted octanol–water partition coefficient (Wildman–Crippen LogP) is 3.20. The number of pyridine rings is 1. The van der Waals surface area contributed by atoms with Crippen molar-refractivity contribution in [3.05, 3.63) is 42.1 Å². The van der Waals surface area contributed by atoms with Crippen molar-refractivity contribution in [2.24, 2.45) is 0 Å². The molecule has 112 valence electrons. The molecule has 1 fully saturated rings. The summed E-state index contributed by atoms with van der Waals surface area (Å²) in [6.07, 6.45) is 1.18. The fraction of sp³-hybridized carbons (Fsp3) is 0.500. The fourth-order valence-electron chi connectivity index (χ4n) is 3.03. The lowest BCUT2D eigenvalue weighted by Crippen LogP contribution is -2.61. The largest absolute Gasteiger partial charge is 0.311 e. The molecule has 0 amide bonds. The molecular weight excluding hydrogens is 258 g/mol. The predicted molar refractivity (Wildman–Crippen MR) is 88.3 cm³/mol. The number of nitrogens with zero attached hydrogens (tertiary/aromatic N) is 2. The quantitative estimate of drug-likeness (QED) is 0.937. The van der Waals surface area contributed by atoms with Crippen LogP contribution in [0, 0.1) is 0 Å². The Balaban J connectivity index is 1.82. The van der Waals surface area contributed by atoms with E-state index in [2.05, 4.69) is 67.4 Å². The van der Waals surface area contributed by atoms with E-state index in [1.807, 2.05) is 0 Å².